The van der Waals surface area contributed by atoms with E-state index in [0.717, 1.165) is 12.1 Å². The first-order chi connectivity index (χ1) is 11.3. The maximum absolute atomic E-state index is 14.0. The Morgan fingerprint density at radius 2 is 2.00 bits per heavy atom. The van der Waals surface area contributed by atoms with Gasteiger partial charge in [0.25, 0.3) is 5.91 Å². The molecule has 1 amide bonds. The van der Waals surface area contributed by atoms with Gasteiger partial charge in [-0.2, -0.15) is 5.10 Å². The second-order valence-electron chi connectivity index (χ2n) is 5.80. The van der Waals surface area contributed by atoms with Crippen molar-refractivity contribution >= 4 is 5.91 Å². The van der Waals surface area contributed by atoms with E-state index in [9.17, 15) is 18.7 Å². The van der Waals surface area contributed by atoms with E-state index < -0.39 is 23.1 Å². The maximum atomic E-state index is 14.0. The molecule has 0 saturated carbocycles. The van der Waals surface area contributed by atoms with Gasteiger partial charge in [-0.05, 0) is 25.0 Å². The minimum absolute atomic E-state index is 0.0448. The van der Waals surface area contributed by atoms with Crippen LogP contribution in [-0.2, 0) is 7.05 Å². The quantitative estimate of drug-likeness (QED) is 0.851. The Balaban J connectivity index is 2.30. The van der Waals surface area contributed by atoms with Crippen LogP contribution in [0.4, 0.5) is 8.78 Å². The van der Waals surface area contributed by atoms with Gasteiger partial charge in [-0.25, -0.2) is 8.78 Å². The zero-order chi connectivity index (χ0) is 17.9. The second-order valence-corrected chi connectivity index (χ2v) is 5.80. The van der Waals surface area contributed by atoms with E-state index in [-0.39, 0.29) is 23.4 Å². The standard InChI is InChI=1S/C17H21F2N3O2/c1-4-17(24,5-2)10-20-16(23)13-9-22(3)21-15(13)12-7-6-11(18)8-14(12)19/h6-9,24H,4-5,10H2,1-3H3,(H,20,23). The molecule has 0 fully saturated rings. The van der Waals surface area contributed by atoms with Crippen molar-refractivity contribution in [3.05, 3.63) is 41.6 Å². The van der Waals surface area contributed by atoms with Crippen LogP contribution in [0.3, 0.4) is 0 Å². The lowest BCUT2D eigenvalue weighted by Crippen LogP contribution is -2.42. The lowest BCUT2D eigenvalue weighted by Gasteiger charge is -2.25. The van der Waals surface area contributed by atoms with Crippen LogP contribution in [0.25, 0.3) is 11.3 Å². The number of hydrogen-bond acceptors (Lipinski definition) is 3. The second kappa shape index (κ2) is 7.09. The van der Waals surface area contributed by atoms with Gasteiger partial charge in [-0.15, -0.1) is 0 Å². The van der Waals surface area contributed by atoms with E-state index in [4.69, 9.17) is 0 Å². The van der Waals surface area contributed by atoms with Gasteiger partial charge >= 0.3 is 0 Å². The minimum atomic E-state index is -0.987. The number of nitrogens with one attached hydrogen (secondary N) is 1. The molecule has 5 nitrogen and oxygen atoms in total. The third-order valence-corrected chi connectivity index (χ3v) is 4.15. The van der Waals surface area contributed by atoms with Crippen molar-refractivity contribution in [1.29, 1.82) is 0 Å². The molecule has 2 rings (SSSR count). The topological polar surface area (TPSA) is 67.2 Å². The van der Waals surface area contributed by atoms with Crippen LogP contribution in [0.5, 0.6) is 0 Å². The highest BCUT2D eigenvalue weighted by Gasteiger charge is 2.25. The number of benzene rings is 1. The molecule has 2 N–H and O–H groups in total. The molecule has 0 radical (unpaired) electrons. The average Bonchev–Trinajstić information content (AvgIpc) is 2.94. The third kappa shape index (κ3) is 3.79. The Morgan fingerprint density at radius 1 is 1.33 bits per heavy atom. The summed E-state index contributed by atoms with van der Waals surface area (Å²) in [5.74, 6) is -1.96. The Morgan fingerprint density at radius 3 is 2.58 bits per heavy atom. The van der Waals surface area contributed by atoms with Gasteiger partial charge in [0.05, 0.1) is 11.2 Å². The van der Waals surface area contributed by atoms with Crippen LogP contribution in [0.1, 0.15) is 37.0 Å². The molecule has 1 heterocycles. The van der Waals surface area contributed by atoms with Gasteiger partial charge in [0.1, 0.15) is 17.3 Å². The van der Waals surface area contributed by atoms with Gasteiger partial charge < -0.3 is 10.4 Å². The molecule has 0 aliphatic rings. The monoisotopic (exact) mass is 337 g/mol. The number of amides is 1. The number of aliphatic hydroxyl groups is 1. The van der Waals surface area contributed by atoms with Crippen molar-refractivity contribution in [3.8, 4) is 11.3 Å². The molecular formula is C17H21F2N3O2. The summed E-state index contributed by atoms with van der Waals surface area (Å²) >= 11 is 0. The Bertz CT molecular complexity index is 739. The van der Waals surface area contributed by atoms with E-state index in [2.05, 4.69) is 10.4 Å². The van der Waals surface area contributed by atoms with Gasteiger partial charge in [-0.3, -0.25) is 9.48 Å². The molecule has 1 aromatic heterocycles. The largest absolute Gasteiger partial charge is 0.388 e. The molecule has 7 heteroatoms. The first kappa shape index (κ1) is 18.1. The number of hydrogen-bond donors (Lipinski definition) is 2. The van der Waals surface area contributed by atoms with Crippen LogP contribution in [0.15, 0.2) is 24.4 Å². The molecular weight excluding hydrogens is 316 g/mol. The lowest BCUT2D eigenvalue weighted by atomic mass is 9.97. The number of rotatable bonds is 6. The molecule has 0 bridgehead atoms. The zero-order valence-electron chi connectivity index (χ0n) is 13.9. The summed E-state index contributed by atoms with van der Waals surface area (Å²) < 4.78 is 28.5. The normalized spacial score (nSPS) is 11.6. The Labute approximate surface area is 139 Å². The smallest absolute Gasteiger partial charge is 0.255 e. The fourth-order valence-corrected chi connectivity index (χ4v) is 2.38. The van der Waals surface area contributed by atoms with Gasteiger partial charge in [0.15, 0.2) is 0 Å². The lowest BCUT2D eigenvalue weighted by molar-refractivity contribution is 0.0314. The van der Waals surface area contributed by atoms with Crippen molar-refractivity contribution in [2.45, 2.75) is 32.3 Å². The summed E-state index contributed by atoms with van der Waals surface area (Å²) in [6.07, 6.45) is 2.46. The molecule has 0 unspecified atom stereocenters. The van der Waals surface area contributed by atoms with Gasteiger partial charge in [0.2, 0.25) is 0 Å². The molecule has 1 aromatic carbocycles. The van der Waals surface area contributed by atoms with Gasteiger partial charge in [0, 0.05) is 31.4 Å². The molecule has 2 aromatic rings. The Hall–Kier alpha value is -2.28. The van der Waals surface area contributed by atoms with Crippen LogP contribution < -0.4 is 5.32 Å². The fourth-order valence-electron chi connectivity index (χ4n) is 2.38. The summed E-state index contributed by atoms with van der Waals surface area (Å²) in [6.45, 7) is 3.75. The van der Waals surface area contributed by atoms with Crippen molar-refractivity contribution in [1.82, 2.24) is 15.1 Å². The summed E-state index contributed by atoms with van der Waals surface area (Å²) in [4.78, 5) is 12.4. The summed E-state index contributed by atoms with van der Waals surface area (Å²) in [7, 11) is 1.61. The number of carbonyl (C=O) groups excluding carboxylic acids is 1. The highest BCUT2D eigenvalue weighted by molar-refractivity contribution is 5.99. The summed E-state index contributed by atoms with van der Waals surface area (Å²) in [5, 5.41) is 17.0. The average molecular weight is 337 g/mol. The van der Waals surface area contributed by atoms with E-state index >= 15 is 0 Å². The maximum Gasteiger partial charge on any atom is 0.255 e. The Kier molecular flexibility index (Phi) is 5.33. The summed E-state index contributed by atoms with van der Waals surface area (Å²) in [6, 6.07) is 3.11. The van der Waals surface area contributed by atoms with Crippen LogP contribution in [0.2, 0.25) is 0 Å². The molecule has 0 aliphatic carbocycles. The SMILES string of the molecule is CCC(O)(CC)CNC(=O)c1cn(C)nc1-c1ccc(F)cc1F. The number of aromatic nitrogens is 2. The van der Waals surface area contributed by atoms with E-state index in [1.807, 2.05) is 13.8 Å². The van der Waals surface area contributed by atoms with Crippen LogP contribution in [0, 0.1) is 11.6 Å². The molecule has 0 spiro atoms. The fraction of sp³-hybridized carbons (Fsp3) is 0.412. The molecule has 0 atom stereocenters. The van der Waals surface area contributed by atoms with Crippen molar-refractivity contribution in [2.24, 2.45) is 7.05 Å². The number of carbonyl (C=O) groups is 1. The van der Waals surface area contributed by atoms with Crippen molar-refractivity contribution in [2.75, 3.05) is 6.54 Å². The van der Waals surface area contributed by atoms with Crippen molar-refractivity contribution in [3.63, 3.8) is 0 Å². The molecule has 0 aliphatic heterocycles. The first-order valence-electron chi connectivity index (χ1n) is 7.79. The summed E-state index contributed by atoms with van der Waals surface area (Å²) in [5.41, 5.74) is -0.649. The minimum Gasteiger partial charge on any atom is -0.388 e. The molecule has 24 heavy (non-hydrogen) atoms. The third-order valence-electron chi connectivity index (χ3n) is 4.15. The molecule has 0 saturated heterocycles. The van der Waals surface area contributed by atoms with E-state index in [1.165, 1.54) is 16.9 Å². The predicted octanol–water partition coefficient (Wildman–Crippen LogP) is 2.65. The van der Waals surface area contributed by atoms with E-state index in [1.54, 1.807) is 7.05 Å². The predicted molar refractivity (Wildman–Crippen MR) is 86.4 cm³/mol. The highest BCUT2D eigenvalue weighted by Crippen LogP contribution is 2.25. The van der Waals surface area contributed by atoms with Crippen LogP contribution in [-0.4, -0.2) is 32.9 Å². The highest BCUT2D eigenvalue weighted by atomic mass is 19.1. The number of aryl methyl sites for hydroxylation is 1. The first-order valence-corrected chi connectivity index (χ1v) is 7.79. The van der Waals surface area contributed by atoms with E-state index in [0.29, 0.717) is 12.8 Å². The zero-order valence-corrected chi connectivity index (χ0v) is 13.9. The molecule has 130 valence electrons. The van der Waals surface area contributed by atoms with Crippen molar-refractivity contribution < 1.29 is 18.7 Å². The number of halogens is 2. The number of nitrogens with zero attached hydrogens (tertiary/aromatic N) is 2. The van der Waals surface area contributed by atoms with Crippen LogP contribution >= 0.6 is 0 Å². The van der Waals surface area contributed by atoms with Gasteiger partial charge in [-0.1, -0.05) is 13.8 Å².